The molecule has 5 N–H and O–H groups in total. The zero-order valence-corrected chi connectivity index (χ0v) is 26.6. The van der Waals surface area contributed by atoms with E-state index in [-0.39, 0.29) is 24.9 Å². The van der Waals surface area contributed by atoms with Crippen molar-refractivity contribution < 1.29 is 39.2 Å². The number of rotatable bonds is 8. The lowest BCUT2D eigenvalue weighted by Gasteiger charge is -2.44. The molecule has 0 aromatic rings. The van der Waals surface area contributed by atoms with Crippen LogP contribution in [0, 0.1) is 0 Å². The van der Waals surface area contributed by atoms with Crippen LogP contribution in [0.15, 0.2) is 23.8 Å². The molecule has 2 aliphatic heterocycles. The minimum atomic E-state index is -1.52. The summed E-state index contributed by atoms with van der Waals surface area (Å²) in [6, 6.07) is -1.75. The second-order valence-corrected chi connectivity index (χ2v) is 13.8. The topological polar surface area (TPSA) is 158 Å². The maximum absolute atomic E-state index is 13.8. The Bertz CT molecular complexity index is 1010. The van der Waals surface area contributed by atoms with Crippen LogP contribution in [0.5, 0.6) is 0 Å². The number of amides is 3. The molecule has 0 aromatic carbocycles. The summed E-state index contributed by atoms with van der Waals surface area (Å²) in [5.74, 6) is -0.720. The van der Waals surface area contributed by atoms with E-state index >= 15 is 0 Å². The number of nitrogens with one attached hydrogen (secondary N) is 2. The van der Waals surface area contributed by atoms with Crippen LogP contribution in [-0.4, -0.2) is 110 Å². The predicted octanol–water partition coefficient (Wildman–Crippen LogP) is 2.21. The lowest BCUT2D eigenvalue weighted by atomic mass is 9.93. The molecule has 0 unspecified atom stereocenters. The third-order valence-electron chi connectivity index (χ3n) is 7.70. The molecule has 1 saturated carbocycles. The fraction of sp³-hybridized carbons (Fsp3) is 0.759. The molecule has 238 valence electrons. The number of hydrogen-bond donors (Lipinski definition) is 5. The highest BCUT2D eigenvalue weighted by Crippen LogP contribution is 2.31. The van der Waals surface area contributed by atoms with Gasteiger partial charge >= 0.3 is 6.09 Å². The van der Waals surface area contributed by atoms with Crippen LogP contribution < -0.4 is 10.6 Å². The molecular formula is C29H46ClN3O8S. The molecule has 2 heterocycles. The van der Waals surface area contributed by atoms with Crippen molar-refractivity contribution in [1.29, 1.82) is 0 Å². The number of aliphatic hydroxyl groups excluding tert-OH is 3. The van der Waals surface area contributed by atoms with E-state index in [1.165, 1.54) is 11.0 Å². The van der Waals surface area contributed by atoms with Gasteiger partial charge in [0.05, 0.1) is 11.4 Å². The fourth-order valence-corrected chi connectivity index (χ4v) is 6.31. The average molecular weight is 632 g/mol. The number of hydrogen-bond acceptors (Lipinski definition) is 9. The van der Waals surface area contributed by atoms with Crippen molar-refractivity contribution in [3.8, 4) is 0 Å². The third kappa shape index (κ3) is 9.33. The van der Waals surface area contributed by atoms with Gasteiger partial charge in [0, 0.05) is 18.7 Å². The molecule has 0 aromatic heterocycles. The summed E-state index contributed by atoms with van der Waals surface area (Å²) in [5.41, 5.74) is -0.841. The number of nitrogens with zero attached hydrogens (tertiary/aromatic N) is 1. The third-order valence-corrected chi connectivity index (χ3v) is 8.82. The summed E-state index contributed by atoms with van der Waals surface area (Å²) < 4.78 is 11.5. The highest BCUT2D eigenvalue weighted by molar-refractivity contribution is 7.99. The van der Waals surface area contributed by atoms with Crippen molar-refractivity contribution in [3.05, 3.63) is 23.8 Å². The van der Waals surface area contributed by atoms with Gasteiger partial charge in [-0.05, 0) is 65.2 Å². The number of carbonyl (C=O) groups is 3. The molecule has 3 rings (SSSR count). The van der Waals surface area contributed by atoms with E-state index in [1.807, 2.05) is 6.08 Å². The quantitative estimate of drug-likeness (QED) is 0.200. The minimum absolute atomic E-state index is 0.140. The maximum atomic E-state index is 13.8. The molecule has 2 fully saturated rings. The summed E-state index contributed by atoms with van der Waals surface area (Å²) in [6.07, 6.45) is 5.30. The monoisotopic (exact) mass is 631 g/mol. The number of ether oxygens (including phenoxy) is 2. The van der Waals surface area contributed by atoms with Gasteiger partial charge in [0.1, 0.15) is 41.5 Å². The zero-order valence-electron chi connectivity index (χ0n) is 25.0. The van der Waals surface area contributed by atoms with Crippen molar-refractivity contribution in [1.82, 2.24) is 15.5 Å². The van der Waals surface area contributed by atoms with Gasteiger partial charge in [-0.1, -0.05) is 25.0 Å². The molecule has 0 bridgehead atoms. The van der Waals surface area contributed by atoms with Crippen LogP contribution in [0.3, 0.4) is 0 Å². The van der Waals surface area contributed by atoms with Crippen molar-refractivity contribution in [2.24, 2.45) is 0 Å². The lowest BCUT2D eigenvalue weighted by Crippen LogP contribution is -2.65. The normalized spacial score (nSPS) is 30.8. The molecule has 13 heteroatoms. The highest BCUT2D eigenvalue weighted by Gasteiger charge is 2.48. The Morgan fingerprint density at radius 1 is 1.17 bits per heavy atom. The summed E-state index contributed by atoms with van der Waals surface area (Å²) in [5, 5.41) is 36.5. The molecule has 1 aliphatic carbocycles. The number of carbonyl (C=O) groups excluding carboxylic acids is 3. The van der Waals surface area contributed by atoms with Gasteiger partial charge in [-0.25, -0.2) is 4.79 Å². The first kappa shape index (κ1) is 34.7. The molecule has 3 aliphatic rings. The van der Waals surface area contributed by atoms with E-state index in [1.54, 1.807) is 40.0 Å². The molecular weight excluding hydrogens is 586 g/mol. The average Bonchev–Trinajstić information content (AvgIpc) is 3.32. The van der Waals surface area contributed by atoms with Crippen LogP contribution in [0.4, 0.5) is 4.79 Å². The SMILES string of the molecule is CS[C@H]1O[C@H]([C@H](NC(=O)[C@@H]2CC=C(/C=C/C(=O)NC3CCCC3)CCN2C(=O)OC(C)(C)C)[C@H](C)Cl)[C@H](O)[C@H](O)[C@H]1O. The summed E-state index contributed by atoms with van der Waals surface area (Å²) in [7, 11) is 0. The van der Waals surface area contributed by atoms with Gasteiger partial charge in [-0.3, -0.25) is 14.5 Å². The Morgan fingerprint density at radius 2 is 1.83 bits per heavy atom. The second-order valence-electron chi connectivity index (χ2n) is 12.2. The van der Waals surface area contributed by atoms with Crippen molar-refractivity contribution in [2.75, 3.05) is 12.8 Å². The van der Waals surface area contributed by atoms with E-state index in [9.17, 15) is 29.7 Å². The molecule has 3 amide bonds. The summed E-state index contributed by atoms with van der Waals surface area (Å²) >= 11 is 7.61. The van der Waals surface area contributed by atoms with E-state index in [0.29, 0.717) is 6.42 Å². The van der Waals surface area contributed by atoms with Crippen molar-refractivity contribution in [3.63, 3.8) is 0 Å². The molecule has 11 nitrogen and oxygen atoms in total. The molecule has 0 spiro atoms. The highest BCUT2D eigenvalue weighted by atomic mass is 35.5. The van der Waals surface area contributed by atoms with Crippen LogP contribution in [-0.2, 0) is 19.1 Å². The van der Waals surface area contributed by atoms with Crippen LogP contribution in [0.1, 0.15) is 66.2 Å². The Kier molecular flexibility index (Phi) is 12.6. The van der Waals surface area contributed by atoms with Gasteiger partial charge < -0.3 is 35.4 Å². The standard InChI is InChI=1S/C29H46ClN3O8S/c1-16(30)21(25-23(36)22(35)24(37)27(40-25)42-5)32-26(38)19-12-10-17(11-13-20(34)31-18-8-6-7-9-18)14-15-33(19)28(39)41-29(2,3)4/h10-11,13,16,18-19,21-25,27,35-37H,6-9,12,14-15H2,1-5H3,(H,31,34)(H,32,38)/b13-11+/t16-,19-,21+,22-,23+,24+,25+,27+/m0/s1. The first-order valence-electron chi connectivity index (χ1n) is 14.6. The van der Waals surface area contributed by atoms with Crippen LogP contribution in [0.25, 0.3) is 0 Å². The van der Waals surface area contributed by atoms with Gasteiger partial charge in [0.15, 0.2) is 0 Å². The summed E-state index contributed by atoms with van der Waals surface area (Å²) in [6.45, 7) is 7.00. The number of alkyl halides is 1. The smallest absolute Gasteiger partial charge is 0.410 e. The van der Waals surface area contributed by atoms with E-state index in [2.05, 4.69) is 10.6 Å². The van der Waals surface area contributed by atoms with Gasteiger partial charge in [0.25, 0.3) is 0 Å². The van der Waals surface area contributed by atoms with E-state index in [0.717, 1.165) is 43.0 Å². The Morgan fingerprint density at radius 3 is 2.43 bits per heavy atom. The molecule has 0 radical (unpaired) electrons. The van der Waals surface area contributed by atoms with Gasteiger partial charge in [-0.2, -0.15) is 0 Å². The Labute approximate surface area is 257 Å². The number of thioether (sulfide) groups is 1. The molecule has 8 atom stereocenters. The Hall–Kier alpha value is -1.83. The number of allylic oxidation sites excluding steroid dienone is 1. The maximum Gasteiger partial charge on any atom is 0.410 e. The molecule has 42 heavy (non-hydrogen) atoms. The van der Waals surface area contributed by atoms with E-state index in [4.69, 9.17) is 21.1 Å². The zero-order chi connectivity index (χ0) is 31.2. The lowest BCUT2D eigenvalue weighted by molar-refractivity contribution is -0.205. The van der Waals surface area contributed by atoms with Crippen LogP contribution in [0.2, 0.25) is 0 Å². The van der Waals surface area contributed by atoms with Crippen molar-refractivity contribution >= 4 is 41.3 Å². The van der Waals surface area contributed by atoms with E-state index < -0.39 is 64.9 Å². The van der Waals surface area contributed by atoms with Gasteiger partial charge in [0.2, 0.25) is 11.8 Å². The number of aliphatic hydroxyl groups is 3. The van der Waals surface area contributed by atoms with Crippen molar-refractivity contribution in [2.45, 2.75) is 125 Å². The number of halogens is 1. The van der Waals surface area contributed by atoms with Crippen LogP contribution >= 0.6 is 23.4 Å². The Balaban J connectivity index is 1.80. The molecule has 1 saturated heterocycles. The second kappa shape index (κ2) is 15.3. The minimum Gasteiger partial charge on any atom is -0.444 e. The largest absolute Gasteiger partial charge is 0.444 e. The van der Waals surface area contributed by atoms with Gasteiger partial charge in [-0.15, -0.1) is 23.4 Å². The first-order chi connectivity index (χ1) is 19.7. The fourth-order valence-electron chi connectivity index (χ4n) is 5.42. The predicted molar refractivity (Wildman–Crippen MR) is 161 cm³/mol. The first-order valence-corrected chi connectivity index (χ1v) is 16.3. The summed E-state index contributed by atoms with van der Waals surface area (Å²) in [4.78, 5) is 40.8.